The van der Waals surface area contributed by atoms with Crippen LogP contribution in [-0.4, -0.2) is 29.2 Å². The summed E-state index contributed by atoms with van der Waals surface area (Å²) in [7, 11) is 1.69. The van der Waals surface area contributed by atoms with Gasteiger partial charge in [0.1, 0.15) is 5.82 Å². The van der Waals surface area contributed by atoms with Gasteiger partial charge < -0.3 is 19.9 Å². The minimum Gasteiger partial charge on any atom is -0.395 e. The number of alkyl halides is 3. The van der Waals surface area contributed by atoms with E-state index in [1.807, 2.05) is 0 Å². The molecule has 10 heteroatoms. The number of anilines is 2. The number of hydrogen-bond donors (Lipinski definition) is 2. The Morgan fingerprint density at radius 3 is 2.62 bits per heavy atom. The highest BCUT2D eigenvalue weighted by Crippen LogP contribution is 2.47. The zero-order valence-electron chi connectivity index (χ0n) is 18.3. The summed E-state index contributed by atoms with van der Waals surface area (Å²) in [5.74, 6) is -1.13. The number of rotatable bonds is 5. The quantitative estimate of drug-likeness (QED) is 0.438. The van der Waals surface area contributed by atoms with E-state index in [-0.39, 0.29) is 35.7 Å². The number of halogens is 4. The van der Waals surface area contributed by atoms with Crippen molar-refractivity contribution in [3.63, 3.8) is 0 Å². The number of nitrogens with zero attached hydrogens (tertiary/aromatic N) is 2. The monoisotopic (exact) mass is 491 g/mol. The number of aromatic nitrogens is 1. The van der Waals surface area contributed by atoms with Crippen LogP contribution in [0.4, 0.5) is 28.9 Å². The van der Waals surface area contributed by atoms with Crippen molar-refractivity contribution in [2.45, 2.75) is 24.5 Å². The topological polar surface area (TPSA) is 57.5 Å². The Hall–Kier alpha value is -3.24. The molecule has 0 saturated heterocycles. The number of benzene rings is 2. The van der Waals surface area contributed by atoms with E-state index in [1.54, 1.807) is 24.9 Å². The van der Waals surface area contributed by atoms with Crippen LogP contribution >= 0.6 is 11.8 Å². The van der Waals surface area contributed by atoms with Gasteiger partial charge in [-0.05, 0) is 30.7 Å². The van der Waals surface area contributed by atoms with E-state index >= 15 is 0 Å². The number of amides is 1. The summed E-state index contributed by atoms with van der Waals surface area (Å²) in [6.07, 6.45) is -3.20. The third-order valence-electron chi connectivity index (χ3n) is 5.63. The molecular formula is C24H21F4N3O2S. The maximum Gasteiger partial charge on any atom is 0.417 e. The third kappa shape index (κ3) is 4.19. The summed E-state index contributed by atoms with van der Waals surface area (Å²) >= 11 is 1.27. The van der Waals surface area contributed by atoms with Gasteiger partial charge in [0, 0.05) is 35.9 Å². The number of nitrogens with one attached hydrogen (secondary N) is 1. The van der Waals surface area contributed by atoms with Gasteiger partial charge in [-0.25, -0.2) is 4.39 Å². The summed E-state index contributed by atoms with van der Waals surface area (Å²) < 4.78 is 57.1. The molecule has 2 aromatic carbocycles. The first kappa shape index (κ1) is 23.9. The van der Waals surface area contributed by atoms with Crippen LogP contribution in [0.1, 0.15) is 21.5 Å². The van der Waals surface area contributed by atoms with Gasteiger partial charge in [-0.3, -0.25) is 4.79 Å². The van der Waals surface area contributed by atoms with Crippen molar-refractivity contribution in [3.8, 4) is 11.3 Å². The SMILES string of the molecule is C=C1Sc2cc(NC(=O)c3cn(CCO)c(-c4ccccc4C(F)(F)F)c3C)cc(F)c2N1C. The lowest BCUT2D eigenvalue weighted by Gasteiger charge is -2.16. The molecule has 178 valence electrons. The summed E-state index contributed by atoms with van der Waals surface area (Å²) in [4.78, 5) is 15.3. The fraction of sp³-hybridized carbons (Fsp3) is 0.208. The van der Waals surface area contributed by atoms with Gasteiger partial charge >= 0.3 is 6.18 Å². The van der Waals surface area contributed by atoms with Gasteiger partial charge in [-0.2, -0.15) is 13.2 Å². The maximum atomic E-state index is 14.7. The van der Waals surface area contributed by atoms with E-state index in [0.29, 0.717) is 21.2 Å². The molecule has 0 aliphatic carbocycles. The number of fused-ring (bicyclic) bond motifs is 1. The second kappa shape index (κ2) is 8.84. The van der Waals surface area contributed by atoms with Crippen molar-refractivity contribution < 1.29 is 27.5 Å². The molecule has 0 bridgehead atoms. The molecule has 1 aliphatic heterocycles. The number of aliphatic hydroxyl groups is 1. The van der Waals surface area contributed by atoms with Crippen LogP contribution in [0.15, 0.2) is 59.1 Å². The molecule has 1 amide bonds. The molecular weight excluding hydrogens is 470 g/mol. The fourth-order valence-corrected chi connectivity index (χ4v) is 5.03. The highest BCUT2D eigenvalue weighted by Gasteiger charge is 2.35. The largest absolute Gasteiger partial charge is 0.417 e. The van der Waals surface area contributed by atoms with E-state index in [9.17, 15) is 27.5 Å². The summed E-state index contributed by atoms with van der Waals surface area (Å²) in [6, 6.07) is 7.89. The van der Waals surface area contributed by atoms with Gasteiger partial charge in [0.05, 0.1) is 34.1 Å². The molecule has 0 unspecified atom stereocenters. The number of aliphatic hydroxyl groups excluding tert-OH is 1. The van der Waals surface area contributed by atoms with Crippen LogP contribution in [0, 0.1) is 12.7 Å². The van der Waals surface area contributed by atoms with Crippen LogP contribution in [0.5, 0.6) is 0 Å². The molecule has 3 aromatic rings. The number of carbonyl (C=O) groups is 1. The molecule has 34 heavy (non-hydrogen) atoms. The standard InChI is InChI=1S/C24H21F4N3O2S/c1-13-17(23(33)29-15-10-19(25)22-20(11-15)34-14(2)30(22)3)12-31(8-9-32)21(13)16-6-4-5-7-18(16)24(26,27)28/h4-7,10-12,32H,2,8-9H2,1,3H3,(H,29,33). The molecule has 0 fully saturated rings. The predicted octanol–water partition coefficient (Wildman–Crippen LogP) is 5.88. The lowest BCUT2D eigenvalue weighted by atomic mass is 10.00. The smallest absolute Gasteiger partial charge is 0.395 e. The van der Waals surface area contributed by atoms with Crippen LogP contribution in [-0.2, 0) is 12.7 Å². The van der Waals surface area contributed by atoms with Crippen molar-refractivity contribution in [2.24, 2.45) is 0 Å². The third-order valence-corrected chi connectivity index (χ3v) is 6.67. The first-order valence-electron chi connectivity index (χ1n) is 10.3. The number of hydrogen-bond acceptors (Lipinski definition) is 4. The second-order valence-electron chi connectivity index (χ2n) is 7.79. The van der Waals surface area contributed by atoms with E-state index in [4.69, 9.17) is 0 Å². The number of thioether (sulfide) groups is 1. The second-order valence-corrected chi connectivity index (χ2v) is 8.91. The summed E-state index contributed by atoms with van der Waals surface area (Å²) in [5, 5.41) is 12.7. The predicted molar refractivity (Wildman–Crippen MR) is 124 cm³/mol. The molecule has 2 N–H and O–H groups in total. The Balaban J connectivity index is 1.74. The molecule has 0 atom stereocenters. The fourth-order valence-electron chi connectivity index (χ4n) is 4.03. The Morgan fingerprint density at radius 1 is 1.24 bits per heavy atom. The first-order valence-corrected chi connectivity index (χ1v) is 11.1. The number of carbonyl (C=O) groups excluding carboxylic acids is 1. The van der Waals surface area contributed by atoms with Gasteiger partial charge in [0.15, 0.2) is 0 Å². The van der Waals surface area contributed by atoms with Crippen molar-refractivity contribution in [2.75, 3.05) is 23.9 Å². The zero-order valence-corrected chi connectivity index (χ0v) is 19.1. The maximum absolute atomic E-state index is 14.7. The summed E-state index contributed by atoms with van der Waals surface area (Å²) in [6.45, 7) is 5.06. The van der Waals surface area contributed by atoms with Crippen molar-refractivity contribution in [3.05, 3.63) is 76.7 Å². The van der Waals surface area contributed by atoms with Gasteiger partial charge in [0.2, 0.25) is 0 Å². The van der Waals surface area contributed by atoms with Crippen molar-refractivity contribution in [1.82, 2.24) is 4.57 Å². The normalized spacial score (nSPS) is 13.4. The minimum atomic E-state index is -4.60. The molecule has 0 spiro atoms. The van der Waals surface area contributed by atoms with E-state index in [0.717, 1.165) is 6.07 Å². The average molecular weight is 492 g/mol. The zero-order chi connectivity index (χ0) is 24.8. The molecule has 0 saturated carbocycles. The average Bonchev–Trinajstić information content (AvgIpc) is 3.23. The highest BCUT2D eigenvalue weighted by molar-refractivity contribution is 8.03. The van der Waals surface area contributed by atoms with Gasteiger partial charge in [0.25, 0.3) is 5.91 Å². The van der Waals surface area contributed by atoms with E-state index in [1.165, 1.54) is 46.8 Å². The van der Waals surface area contributed by atoms with E-state index < -0.39 is 23.5 Å². The van der Waals surface area contributed by atoms with Crippen LogP contribution in [0.25, 0.3) is 11.3 Å². The van der Waals surface area contributed by atoms with Gasteiger partial charge in [-0.1, -0.05) is 36.5 Å². The molecule has 4 rings (SSSR count). The Labute approximate surface area is 197 Å². The molecule has 1 aromatic heterocycles. The lowest BCUT2D eigenvalue weighted by molar-refractivity contribution is -0.137. The Bertz CT molecular complexity index is 1300. The highest BCUT2D eigenvalue weighted by atomic mass is 32.2. The Morgan fingerprint density at radius 2 is 1.94 bits per heavy atom. The molecule has 5 nitrogen and oxygen atoms in total. The van der Waals surface area contributed by atoms with Gasteiger partial charge in [-0.15, -0.1) is 0 Å². The summed E-state index contributed by atoms with van der Waals surface area (Å²) in [5.41, 5.74) is 0.252. The van der Waals surface area contributed by atoms with Crippen molar-refractivity contribution >= 4 is 29.0 Å². The van der Waals surface area contributed by atoms with E-state index in [2.05, 4.69) is 11.9 Å². The Kier molecular flexibility index (Phi) is 6.22. The minimum absolute atomic E-state index is 0.00575. The lowest BCUT2D eigenvalue weighted by Crippen LogP contribution is -2.14. The molecule has 0 radical (unpaired) electrons. The first-order chi connectivity index (χ1) is 16.0. The van der Waals surface area contributed by atoms with Crippen LogP contribution < -0.4 is 10.2 Å². The molecule has 2 heterocycles. The molecule has 1 aliphatic rings. The van der Waals surface area contributed by atoms with Crippen LogP contribution in [0.3, 0.4) is 0 Å². The van der Waals surface area contributed by atoms with Crippen molar-refractivity contribution in [1.29, 1.82) is 0 Å². The van der Waals surface area contributed by atoms with Crippen LogP contribution in [0.2, 0.25) is 0 Å².